The Morgan fingerprint density at radius 3 is 2.73 bits per heavy atom. The van der Waals surface area contributed by atoms with Crippen LogP contribution in [-0.4, -0.2) is 79.4 Å². The third-order valence-corrected chi connectivity index (χ3v) is 7.74. The number of amides is 1. The SMILES string of the molecule is O=C1c2ccc(NCC3CCOCC3)cc2CCN1C[C@H](O)CN1CCC2C=CC=CC2C1. The molecule has 1 aromatic rings. The van der Waals surface area contributed by atoms with E-state index in [0.29, 0.717) is 37.4 Å². The number of ether oxygens (including phenoxy) is 1. The van der Waals surface area contributed by atoms with E-state index in [1.807, 2.05) is 17.0 Å². The molecule has 0 radical (unpaired) electrons. The number of fused-ring (bicyclic) bond motifs is 2. The standard InChI is InChI=1S/C27H37N3O3/c31-25(18-29-11-7-21-3-1-2-4-23(21)17-29)19-30-12-8-22-15-24(5-6-26(22)27(30)32)28-16-20-9-13-33-14-10-20/h1-6,15,20-21,23,25,28,31H,7-14,16-19H2/t21?,23?,25-/m1/s1. The molecule has 0 bridgehead atoms. The second-order valence-corrected chi connectivity index (χ2v) is 10.1. The van der Waals surface area contributed by atoms with Crippen LogP contribution >= 0.6 is 0 Å². The van der Waals surface area contributed by atoms with E-state index in [1.54, 1.807) is 0 Å². The molecule has 1 aromatic carbocycles. The first kappa shape index (κ1) is 22.6. The maximum absolute atomic E-state index is 13.1. The summed E-state index contributed by atoms with van der Waals surface area (Å²) in [7, 11) is 0. The number of carbonyl (C=O) groups excluding carboxylic acids is 1. The van der Waals surface area contributed by atoms with E-state index in [-0.39, 0.29) is 5.91 Å². The predicted molar refractivity (Wildman–Crippen MR) is 130 cm³/mol. The Hall–Kier alpha value is -2.15. The first-order valence-corrected chi connectivity index (χ1v) is 12.6. The average molecular weight is 452 g/mol. The van der Waals surface area contributed by atoms with Crippen molar-refractivity contribution in [2.24, 2.45) is 17.8 Å². The summed E-state index contributed by atoms with van der Waals surface area (Å²) in [6.45, 7) is 6.39. The minimum absolute atomic E-state index is 0.0466. The van der Waals surface area contributed by atoms with E-state index < -0.39 is 6.10 Å². The van der Waals surface area contributed by atoms with Crippen LogP contribution in [0, 0.1) is 17.8 Å². The summed E-state index contributed by atoms with van der Waals surface area (Å²) in [6, 6.07) is 6.11. The zero-order valence-corrected chi connectivity index (χ0v) is 19.5. The number of nitrogens with one attached hydrogen (secondary N) is 1. The summed E-state index contributed by atoms with van der Waals surface area (Å²) in [5.41, 5.74) is 2.99. The van der Waals surface area contributed by atoms with Gasteiger partial charge in [-0.15, -0.1) is 0 Å². The Labute approximate surface area is 197 Å². The molecule has 6 nitrogen and oxygen atoms in total. The number of nitrogens with zero attached hydrogens (tertiary/aromatic N) is 2. The summed E-state index contributed by atoms with van der Waals surface area (Å²) in [5.74, 6) is 1.89. The number of hydrogen-bond donors (Lipinski definition) is 2. The zero-order chi connectivity index (χ0) is 22.6. The molecule has 0 aromatic heterocycles. The average Bonchev–Trinajstić information content (AvgIpc) is 2.85. The van der Waals surface area contributed by atoms with E-state index >= 15 is 0 Å². The molecular weight excluding hydrogens is 414 g/mol. The number of hydrogen-bond acceptors (Lipinski definition) is 5. The van der Waals surface area contributed by atoms with Crippen LogP contribution in [0.15, 0.2) is 42.5 Å². The van der Waals surface area contributed by atoms with Crippen LogP contribution in [0.4, 0.5) is 5.69 Å². The quantitative estimate of drug-likeness (QED) is 0.667. The Kier molecular flexibility index (Phi) is 7.14. The Morgan fingerprint density at radius 1 is 1.06 bits per heavy atom. The lowest BCUT2D eigenvalue weighted by atomic mass is 9.82. The number of aliphatic hydroxyl groups excluding tert-OH is 1. The van der Waals surface area contributed by atoms with Crippen LogP contribution in [0.2, 0.25) is 0 Å². The Morgan fingerprint density at radius 2 is 1.88 bits per heavy atom. The van der Waals surface area contributed by atoms with Gasteiger partial charge < -0.3 is 25.0 Å². The van der Waals surface area contributed by atoms with Gasteiger partial charge in [0.05, 0.1) is 6.10 Å². The highest BCUT2D eigenvalue weighted by atomic mass is 16.5. The molecule has 5 rings (SSSR count). The topological polar surface area (TPSA) is 65.0 Å². The van der Waals surface area contributed by atoms with Gasteiger partial charge >= 0.3 is 0 Å². The van der Waals surface area contributed by atoms with Crippen molar-refractivity contribution in [2.75, 3.05) is 57.8 Å². The molecule has 6 heteroatoms. The van der Waals surface area contributed by atoms with Crippen molar-refractivity contribution in [2.45, 2.75) is 31.8 Å². The summed E-state index contributed by atoms with van der Waals surface area (Å²) < 4.78 is 5.44. The molecule has 4 aliphatic rings. The van der Waals surface area contributed by atoms with Gasteiger partial charge in [0.15, 0.2) is 0 Å². The smallest absolute Gasteiger partial charge is 0.254 e. The first-order chi connectivity index (χ1) is 16.2. The lowest BCUT2D eigenvalue weighted by Gasteiger charge is -2.38. The second kappa shape index (κ2) is 10.4. The maximum Gasteiger partial charge on any atom is 0.254 e. The zero-order valence-electron chi connectivity index (χ0n) is 19.5. The number of allylic oxidation sites excluding steroid dienone is 3. The van der Waals surface area contributed by atoms with Crippen LogP contribution in [0.1, 0.15) is 35.2 Å². The van der Waals surface area contributed by atoms with Crippen molar-refractivity contribution in [1.82, 2.24) is 9.80 Å². The molecular formula is C27H37N3O3. The monoisotopic (exact) mass is 451 g/mol. The summed E-state index contributed by atoms with van der Waals surface area (Å²) in [5, 5.41) is 14.3. The number of piperidine rings is 1. The number of carbonyl (C=O) groups is 1. The molecule has 3 atom stereocenters. The van der Waals surface area contributed by atoms with Crippen molar-refractivity contribution in [3.8, 4) is 0 Å². The van der Waals surface area contributed by atoms with E-state index in [2.05, 4.69) is 40.6 Å². The van der Waals surface area contributed by atoms with Crippen LogP contribution in [0.5, 0.6) is 0 Å². The van der Waals surface area contributed by atoms with E-state index in [1.165, 1.54) is 0 Å². The summed E-state index contributed by atoms with van der Waals surface area (Å²) >= 11 is 0. The molecule has 3 heterocycles. The number of likely N-dealkylation sites (tertiary alicyclic amines) is 1. The molecule has 3 aliphatic heterocycles. The maximum atomic E-state index is 13.1. The van der Waals surface area contributed by atoms with Gasteiger partial charge in [0, 0.05) is 57.2 Å². The number of anilines is 1. The van der Waals surface area contributed by atoms with Crippen molar-refractivity contribution in [1.29, 1.82) is 0 Å². The molecule has 2 saturated heterocycles. The fourth-order valence-corrected chi connectivity index (χ4v) is 5.74. The van der Waals surface area contributed by atoms with Crippen LogP contribution in [0.25, 0.3) is 0 Å². The van der Waals surface area contributed by atoms with Gasteiger partial charge in [0.2, 0.25) is 0 Å². The minimum Gasteiger partial charge on any atom is -0.390 e. The third-order valence-electron chi connectivity index (χ3n) is 7.74. The van der Waals surface area contributed by atoms with Crippen LogP contribution < -0.4 is 5.32 Å². The van der Waals surface area contributed by atoms with E-state index in [0.717, 1.165) is 75.3 Å². The third kappa shape index (κ3) is 5.51. The van der Waals surface area contributed by atoms with Gasteiger partial charge in [0.1, 0.15) is 0 Å². The molecule has 1 amide bonds. The molecule has 2 unspecified atom stereocenters. The van der Waals surface area contributed by atoms with Gasteiger partial charge in [-0.3, -0.25) is 4.79 Å². The normalized spacial score (nSPS) is 26.7. The molecule has 178 valence electrons. The summed E-state index contributed by atoms with van der Waals surface area (Å²) in [4.78, 5) is 17.3. The lowest BCUT2D eigenvalue weighted by molar-refractivity contribution is 0.0431. The molecule has 0 spiro atoms. The number of aliphatic hydroxyl groups is 1. The minimum atomic E-state index is -0.518. The van der Waals surface area contributed by atoms with Crippen molar-refractivity contribution in [3.05, 3.63) is 53.6 Å². The van der Waals surface area contributed by atoms with Gasteiger partial charge in [0.25, 0.3) is 5.91 Å². The summed E-state index contributed by atoms with van der Waals surface area (Å²) in [6.07, 6.45) is 12.6. The van der Waals surface area contributed by atoms with Gasteiger partial charge in [-0.1, -0.05) is 24.3 Å². The van der Waals surface area contributed by atoms with E-state index in [4.69, 9.17) is 4.74 Å². The van der Waals surface area contributed by atoms with Crippen molar-refractivity contribution in [3.63, 3.8) is 0 Å². The van der Waals surface area contributed by atoms with Crippen LogP contribution in [0.3, 0.4) is 0 Å². The highest BCUT2D eigenvalue weighted by Crippen LogP contribution is 2.29. The van der Waals surface area contributed by atoms with Gasteiger partial charge in [-0.25, -0.2) is 0 Å². The predicted octanol–water partition coefficient (Wildman–Crippen LogP) is 2.95. The molecule has 2 fully saturated rings. The van der Waals surface area contributed by atoms with Crippen molar-refractivity contribution >= 4 is 11.6 Å². The largest absolute Gasteiger partial charge is 0.390 e. The molecule has 0 saturated carbocycles. The van der Waals surface area contributed by atoms with Crippen molar-refractivity contribution < 1.29 is 14.6 Å². The lowest BCUT2D eigenvalue weighted by Crippen LogP contribution is -2.48. The Bertz CT molecular complexity index is 893. The van der Waals surface area contributed by atoms with Crippen LogP contribution in [-0.2, 0) is 11.2 Å². The van der Waals surface area contributed by atoms with Gasteiger partial charge in [-0.05, 0) is 73.7 Å². The number of β-amino-alcohol motifs (C(OH)–C–C–N with tert-alkyl or cyclic N) is 1. The first-order valence-electron chi connectivity index (χ1n) is 12.6. The highest BCUT2D eigenvalue weighted by molar-refractivity contribution is 5.97. The number of rotatable bonds is 7. The Balaban J connectivity index is 1.12. The molecule has 33 heavy (non-hydrogen) atoms. The van der Waals surface area contributed by atoms with E-state index in [9.17, 15) is 9.90 Å². The molecule has 1 aliphatic carbocycles. The fraction of sp³-hybridized carbons (Fsp3) is 0.593. The molecule has 2 N–H and O–H groups in total. The fourth-order valence-electron chi connectivity index (χ4n) is 5.74. The number of benzene rings is 1. The highest BCUT2D eigenvalue weighted by Gasteiger charge is 2.30. The second-order valence-electron chi connectivity index (χ2n) is 10.1. The van der Waals surface area contributed by atoms with Gasteiger partial charge in [-0.2, -0.15) is 0 Å².